The molecule has 0 saturated heterocycles. The molecule has 8 heteroatoms. The maximum Gasteiger partial charge on any atom is 0.344 e. The first-order valence-electron chi connectivity index (χ1n) is 7.23. The second-order valence-electron chi connectivity index (χ2n) is 4.77. The fraction of sp³-hybridized carbons (Fsp3) is 0.118. The summed E-state index contributed by atoms with van der Waals surface area (Å²) in [4.78, 5) is 34.6. The standard InChI is InChI=1S/C17H15FN2O5/c18-12-6-8-14(9-7-12)24-11-16(22)25-10-15(21)20-17(23)19-13-4-2-1-3-5-13/h1-9H,10-11H2,(H2,19,20,21,23). The van der Waals surface area contributed by atoms with Crippen molar-refractivity contribution in [3.63, 3.8) is 0 Å². The fourth-order valence-corrected chi connectivity index (χ4v) is 1.71. The van der Waals surface area contributed by atoms with Crippen LogP contribution in [0.2, 0.25) is 0 Å². The molecule has 2 N–H and O–H groups in total. The topological polar surface area (TPSA) is 93.7 Å². The smallest absolute Gasteiger partial charge is 0.344 e. The number of carbonyl (C=O) groups excluding carboxylic acids is 3. The minimum atomic E-state index is -0.803. The number of ether oxygens (including phenoxy) is 2. The minimum Gasteiger partial charge on any atom is -0.482 e. The monoisotopic (exact) mass is 346 g/mol. The van der Waals surface area contributed by atoms with E-state index < -0.39 is 36.9 Å². The fourth-order valence-electron chi connectivity index (χ4n) is 1.71. The molecule has 0 heterocycles. The first-order valence-corrected chi connectivity index (χ1v) is 7.23. The lowest BCUT2D eigenvalue weighted by Gasteiger charge is -2.08. The third kappa shape index (κ3) is 6.69. The van der Waals surface area contributed by atoms with Crippen molar-refractivity contribution in [2.24, 2.45) is 0 Å². The first-order chi connectivity index (χ1) is 12.0. The summed E-state index contributed by atoms with van der Waals surface area (Å²) in [6, 6.07) is 12.8. The Bertz CT molecular complexity index is 734. The van der Waals surface area contributed by atoms with Crippen LogP contribution in [0.5, 0.6) is 5.75 Å². The Balaban J connectivity index is 1.66. The van der Waals surface area contributed by atoms with Crippen LogP contribution in [0.15, 0.2) is 54.6 Å². The Morgan fingerprint density at radius 3 is 2.28 bits per heavy atom. The van der Waals surface area contributed by atoms with Crippen LogP contribution >= 0.6 is 0 Å². The summed E-state index contributed by atoms with van der Waals surface area (Å²) < 4.78 is 22.4. The third-order valence-electron chi connectivity index (χ3n) is 2.82. The van der Waals surface area contributed by atoms with Gasteiger partial charge >= 0.3 is 12.0 Å². The predicted octanol–water partition coefficient (Wildman–Crippen LogP) is 2.10. The molecule has 0 atom stereocenters. The second-order valence-corrected chi connectivity index (χ2v) is 4.77. The normalized spacial score (nSPS) is 9.80. The van der Waals surface area contributed by atoms with Crippen LogP contribution in [0.3, 0.4) is 0 Å². The van der Waals surface area contributed by atoms with Crippen LogP contribution in [0, 0.1) is 5.82 Å². The highest BCUT2D eigenvalue weighted by molar-refractivity contribution is 6.01. The molecule has 0 bridgehead atoms. The largest absolute Gasteiger partial charge is 0.482 e. The number of anilines is 1. The molecule has 0 aromatic heterocycles. The van der Waals surface area contributed by atoms with E-state index in [1.54, 1.807) is 30.3 Å². The van der Waals surface area contributed by atoms with E-state index >= 15 is 0 Å². The van der Waals surface area contributed by atoms with Crippen molar-refractivity contribution in [1.82, 2.24) is 5.32 Å². The van der Waals surface area contributed by atoms with E-state index in [0.717, 1.165) is 0 Å². The number of esters is 1. The van der Waals surface area contributed by atoms with Crippen LogP contribution < -0.4 is 15.4 Å². The van der Waals surface area contributed by atoms with E-state index in [0.29, 0.717) is 5.69 Å². The van der Waals surface area contributed by atoms with Gasteiger partial charge in [-0.2, -0.15) is 0 Å². The Morgan fingerprint density at radius 2 is 1.60 bits per heavy atom. The highest BCUT2D eigenvalue weighted by Crippen LogP contribution is 2.10. The van der Waals surface area contributed by atoms with E-state index in [2.05, 4.69) is 10.1 Å². The number of amides is 3. The minimum absolute atomic E-state index is 0.282. The van der Waals surface area contributed by atoms with Gasteiger partial charge in [0.1, 0.15) is 11.6 Å². The van der Waals surface area contributed by atoms with E-state index in [-0.39, 0.29) is 5.75 Å². The van der Waals surface area contributed by atoms with E-state index in [9.17, 15) is 18.8 Å². The predicted molar refractivity (Wildman–Crippen MR) is 86.5 cm³/mol. The van der Waals surface area contributed by atoms with Crippen molar-refractivity contribution < 1.29 is 28.2 Å². The van der Waals surface area contributed by atoms with E-state index in [1.165, 1.54) is 24.3 Å². The lowest BCUT2D eigenvalue weighted by atomic mass is 10.3. The van der Waals surface area contributed by atoms with Gasteiger partial charge in [-0.15, -0.1) is 0 Å². The SMILES string of the molecule is O=C(COC(=O)COc1ccc(F)cc1)NC(=O)Nc1ccccc1. The van der Waals surface area contributed by atoms with Crippen molar-refractivity contribution in [1.29, 1.82) is 0 Å². The average Bonchev–Trinajstić information content (AvgIpc) is 2.60. The van der Waals surface area contributed by atoms with Gasteiger partial charge in [-0.3, -0.25) is 10.1 Å². The van der Waals surface area contributed by atoms with E-state index in [1.807, 2.05) is 5.32 Å². The molecule has 3 amide bonds. The molecule has 7 nitrogen and oxygen atoms in total. The number of benzene rings is 2. The highest BCUT2D eigenvalue weighted by Gasteiger charge is 2.11. The van der Waals surface area contributed by atoms with Gasteiger partial charge in [0.15, 0.2) is 13.2 Å². The summed E-state index contributed by atoms with van der Waals surface area (Å²) in [5.74, 6) is -1.74. The molecule has 25 heavy (non-hydrogen) atoms. The molecule has 130 valence electrons. The average molecular weight is 346 g/mol. The lowest BCUT2D eigenvalue weighted by molar-refractivity contribution is -0.150. The molecule has 0 fully saturated rings. The van der Waals surface area contributed by atoms with Gasteiger partial charge in [-0.05, 0) is 36.4 Å². The Kier molecular flexibility index (Phi) is 6.47. The molecule has 0 unspecified atom stereocenters. The number of carbonyl (C=O) groups is 3. The number of imide groups is 1. The molecule has 0 radical (unpaired) electrons. The third-order valence-corrected chi connectivity index (χ3v) is 2.82. The Labute approximate surface area is 142 Å². The molecule has 2 aromatic carbocycles. The first kappa shape index (κ1) is 17.9. The van der Waals surface area contributed by atoms with Gasteiger partial charge in [-0.25, -0.2) is 14.0 Å². The van der Waals surface area contributed by atoms with Gasteiger partial charge in [0.05, 0.1) is 0 Å². The van der Waals surface area contributed by atoms with Crippen molar-refractivity contribution in [3.05, 3.63) is 60.4 Å². The van der Waals surface area contributed by atoms with Crippen LogP contribution in [-0.4, -0.2) is 31.1 Å². The summed E-state index contributed by atoms with van der Waals surface area (Å²) in [5, 5.41) is 4.46. The number of hydrogen-bond acceptors (Lipinski definition) is 5. The van der Waals surface area contributed by atoms with Crippen LogP contribution in [0.25, 0.3) is 0 Å². The van der Waals surface area contributed by atoms with Crippen molar-refractivity contribution in [2.45, 2.75) is 0 Å². The summed E-state index contributed by atoms with van der Waals surface area (Å²) in [6.45, 7) is -1.08. The van der Waals surface area contributed by atoms with Gasteiger partial charge < -0.3 is 14.8 Å². The number of rotatable bonds is 6. The maximum absolute atomic E-state index is 12.7. The van der Waals surface area contributed by atoms with Crippen LogP contribution in [0.4, 0.5) is 14.9 Å². The molecular weight excluding hydrogens is 331 g/mol. The van der Waals surface area contributed by atoms with Gasteiger partial charge in [0.2, 0.25) is 0 Å². The maximum atomic E-state index is 12.7. The summed E-state index contributed by atoms with van der Waals surface area (Å²) in [6.07, 6.45) is 0. The molecule has 0 saturated carbocycles. The van der Waals surface area contributed by atoms with Gasteiger partial charge in [-0.1, -0.05) is 18.2 Å². The van der Waals surface area contributed by atoms with Crippen LogP contribution in [-0.2, 0) is 14.3 Å². The van der Waals surface area contributed by atoms with Crippen molar-refractivity contribution >= 4 is 23.6 Å². The summed E-state index contributed by atoms with van der Waals surface area (Å²) in [7, 11) is 0. The summed E-state index contributed by atoms with van der Waals surface area (Å²) >= 11 is 0. The molecule has 0 aliphatic carbocycles. The number of urea groups is 1. The molecule has 0 aliphatic heterocycles. The molecule has 0 spiro atoms. The quantitative estimate of drug-likeness (QED) is 0.781. The van der Waals surface area contributed by atoms with Crippen molar-refractivity contribution in [3.8, 4) is 5.75 Å². The lowest BCUT2D eigenvalue weighted by Crippen LogP contribution is -2.37. The summed E-state index contributed by atoms with van der Waals surface area (Å²) in [5.41, 5.74) is 0.512. The molecular formula is C17H15FN2O5. The Morgan fingerprint density at radius 1 is 0.920 bits per heavy atom. The number of hydrogen-bond donors (Lipinski definition) is 2. The number of halogens is 1. The van der Waals surface area contributed by atoms with Gasteiger partial charge in [0.25, 0.3) is 5.91 Å². The number of nitrogens with one attached hydrogen (secondary N) is 2. The van der Waals surface area contributed by atoms with Crippen LogP contribution in [0.1, 0.15) is 0 Å². The number of para-hydroxylation sites is 1. The zero-order valence-electron chi connectivity index (χ0n) is 13.0. The highest BCUT2D eigenvalue weighted by atomic mass is 19.1. The zero-order chi connectivity index (χ0) is 18.1. The van der Waals surface area contributed by atoms with E-state index in [4.69, 9.17) is 4.74 Å². The molecule has 0 aliphatic rings. The molecule has 2 rings (SSSR count). The Hall–Kier alpha value is -3.42. The second kappa shape index (κ2) is 9.02. The van der Waals surface area contributed by atoms with Crippen molar-refractivity contribution in [2.75, 3.05) is 18.5 Å². The zero-order valence-corrected chi connectivity index (χ0v) is 13.0. The van der Waals surface area contributed by atoms with Gasteiger partial charge in [0, 0.05) is 5.69 Å². The molecule has 2 aromatic rings.